The molecule has 2 aromatic heterocycles. The van der Waals surface area contributed by atoms with E-state index >= 15 is 0 Å². The zero-order chi connectivity index (χ0) is 13.5. The summed E-state index contributed by atoms with van der Waals surface area (Å²) in [5.41, 5.74) is 1.39. The third kappa shape index (κ3) is 2.58. The highest BCUT2D eigenvalue weighted by atomic mass is 32.2. The second-order valence-electron chi connectivity index (χ2n) is 4.67. The fraction of sp³-hybridized carbons (Fsp3) is 0.417. The number of imidazole rings is 1. The van der Waals surface area contributed by atoms with Gasteiger partial charge in [0.15, 0.2) is 5.03 Å². The van der Waals surface area contributed by atoms with Crippen LogP contribution in [0.4, 0.5) is 0 Å². The van der Waals surface area contributed by atoms with Crippen LogP contribution in [0.15, 0.2) is 17.3 Å². The first-order valence-corrected chi connectivity index (χ1v) is 8.46. The second-order valence-corrected chi connectivity index (χ2v) is 7.63. The smallest absolute Gasteiger partial charge is 0.257 e. The van der Waals surface area contributed by atoms with Gasteiger partial charge in [0.1, 0.15) is 5.82 Å². The lowest BCUT2D eigenvalue weighted by atomic mass is 10.2. The third-order valence-corrected chi connectivity index (χ3v) is 5.75. The number of sulfonamides is 1. The van der Waals surface area contributed by atoms with E-state index in [1.54, 1.807) is 18.3 Å². The first kappa shape index (κ1) is 12.8. The highest BCUT2D eigenvalue weighted by molar-refractivity contribution is 7.89. The molecule has 5 nitrogen and oxygen atoms in total. The predicted molar refractivity (Wildman–Crippen MR) is 73.7 cm³/mol. The van der Waals surface area contributed by atoms with Crippen molar-refractivity contribution in [1.29, 1.82) is 0 Å². The first-order valence-electron chi connectivity index (χ1n) is 6.16. The van der Waals surface area contributed by atoms with Gasteiger partial charge in [-0.25, -0.2) is 18.1 Å². The van der Waals surface area contributed by atoms with Crippen molar-refractivity contribution in [2.45, 2.75) is 37.8 Å². The molecular formula is C12H15N3O2S2. The quantitative estimate of drug-likeness (QED) is 0.902. The van der Waals surface area contributed by atoms with E-state index in [1.807, 2.05) is 0 Å². The van der Waals surface area contributed by atoms with E-state index in [2.05, 4.69) is 20.8 Å². The summed E-state index contributed by atoms with van der Waals surface area (Å²) in [6.07, 6.45) is 4.82. The first-order chi connectivity index (χ1) is 9.04. The van der Waals surface area contributed by atoms with Gasteiger partial charge in [-0.3, -0.25) is 0 Å². The van der Waals surface area contributed by atoms with Crippen LogP contribution in [0.5, 0.6) is 0 Å². The van der Waals surface area contributed by atoms with Crippen molar-refractivity contribution in [3.05, 3.63) is 33.4 Å². The van der Waals surface area contributed by atoms with Crippen LogP contribution in [0.3, 0.4) is 0 Å². The highest BCUT2D eigenvalue weighted by Gasteiger charge is 2.18. The Morgan fingerprint density at radius 3 is 3.00 bits per heavy atom. The molecule has 0 atom stereocenters. The monoisotopic (exact) mass is 297 g/mol. The number of thiophene rings is 1. The lowest BCUT2D eigenvalue weighted by Gasteiger charge is -2.02. The molecule has 19 heavy (non-hydrogen) atoms. The molecule has 0 bridgehead atoms. The molecule has 102 valence electrons. The summed E-state index contributed by atoms with van der Waals surface area (Å²) in [5.74, 6) is 0.593. The lowest BCUT2D eigenvalue weighted by Crippen LogP contribution is -2.23. The SMILES string of the molecule is Cc1ncc(S(=O)(=O)NCc2cc3c(s2)CCC3)[nH]1. The number of aryl methyl sites for hydroxylation is 3. The molecule has 2 aromatic rings. The molecule has 1 aliphatic rings. The Hall–Kier alpha value is -1.18. The van der Waals surface area contributed by atoms with E-state index < -0.39 is 10.0 Å². The van der Waals surface area contributed by atoms with E-state index in [4.69, 9.17) is 0 Å². The summed E-state index contributed by atoms with van der Waals surface area (Å²) in [5, 5.41) is 0.120. The molecule has 3 rings (SSSR count). The Kier molecular flexibility index (Phi) is 3.20. The third-order valence-electron chi connectivity index (χ3n) is 3.20. The minimum Gasteiger partial charge on any atom is -0.332 e. The number of aromatic nitrogens is 2. The van der Waals surface area contributed by atoms with Gasteiger partial charge in [-0.15, -0.1) is 11.3 Å². The topological polar surface area (TPSA) is 74.8 Å². The number of rotatable bonds is 4. The van der Waals surface area contributed by atoms with Crippen molar-refractivity contribution in [2.24, 2.45) is 0 Å². The van der Waals surface area contributed by atoms with Crippen LogP contribution in [-0.4, -0.2) is 18.4 Å². The van der Waals surface area contributed by atoms with E-state index in [-0.39, 0.29) is 5.03 Å². The average molecular weight is 297 g/mol. The zero-order valence-corrected chi connectivity index (χ0v) is 12.2. The van der Waals surface area contributed by atoms with Gasteiger partial charge in [0.05, 0.1) is 6.20 Å². The summed E-state index contributed by atoms with van der Waals surface area (Å²) >= 11 is 1.71. The van der Waals surface area contributed by atoms with Crippen LogP contribution in [0, 0.1) is 6.92 Å². The van der Waals surface area contributed by atoms with Crippen LogP contribution in [0.1, 0.15) is 27.6 Å². The van der Waals surface area contributed by atoms with E-state index in [0.29, 0.717) is 12.4 Å². The van der Waals surface area contributed by atoms with E-state index in [1.165, 1.54) is 23.1 Å². The minimum absolute atomic E-state index is 0.120. The fourth-order valence-corrected chi connectivity index (χ4v) is 4.52. The number of hydrogen-bond donors (Lipinski definition) is 2. The van der Waals surface area contributed by atoms with Gasteiger partial charge < -0.3 is 4.98 Å². The number of aromatic amines is 1. The molecule has 0 fully saturated rings. The summed E-state index contributed by atoms with van der Waals surface area (Å²) in [6, 6.07) is 2.12. The van der Waals surface area contributed by atoms with Crippen LogP contribution in [0.25, 0.3) is 0 Å². The summed E-state index contributed by atoms with van der Waals surface area (Å²) in [4.78, 5) is 9.12. The number of H-pyrrole nitrogens is 1. The fourth-order valence-electron chi connectivity index (χ4n) is 2.26. The number of fused-ring (bicyclic) bond motifs is 1. The van der Waals surface area contributed by atoms with Crippen LogP contribution in [-0.2, 0) is 29.4 Å². The zero-order valence-electron chi connectivity index (χ0n) is 10.6. The van der Waals surface area contributed by atoms with Crippen molar-refractivity contribution in [3.8, 4) is 0 Å². The Morgan fingerprint density at radius 1 is 1.47 bits per heavy atom. The molecule has 2 heterocycles. The van der Waals surface area contributed by atoms with Gasteiger partial charge in [0.2, 0.25) is 0 Å². The molecule has 0 unspecified atom stereocenters. The molecule has 1 aliphatic carbocycles. The van der Waals surface area contributed by atoms with Crippen molar-refractivity contribution in [3.63, 3.8) is 0 Å². The van der Waals surface area contributed by atoms with Crippen molar-refractivity contribution < 1.29 is 8.42 Å². The van der Waals surface area contributed by atoms with E-state index in [9.17, 15) is 8.42 Å². The van der Waals surface area contributed by atoms with Crippen LogP contribution < -0.4 is 4.72 Å². The van der Waals surface area contributed by atoms with E-state index in [0.717, 1.165) is 17.7 Å². The maximum absolute atomic E-state index is 12.0. The maximum Gasteiger partial charge on any atom is 0.257 e. The molecule has 0 saturated carbocycles. The number of nitrogens with one attached hydrogen (secondary N) is 2. The van der Waals surface area contributed by atoms with Crippen LogP contribution >= 0.6 is 11.3 Å². The molecule has 0 aliphatic heterocycles. The Labute approximate surface area is 116 Å². The standard InChI is InChI=1S/C12H15N3O2S2/c1-8-13-7-12(15-8)19(16,17)14-6-10-5-9-3-2-4-11(9)18-10/h5,7,14H,2-4,6H2,1H3,(H,13,15). The Morgan fingerprint density at radius 2 is 2.32 bits per heavy atom. The van der Waals surface area contributed by atoms with Gasteiger partial charge in [-0.05, 0) is 37.8 Å². The predicted octanol–water partition coefficient (Wildman–Crippen LogP) is 1.75. The van der Waals surface area contributed by atoms with Crippen molar-refractivity contribution >= 4 is 21.4 Å². The number of hydrogen-bond acceptors (Lipinski definition) is 4. The molecule has 2 N–H and O–H groups in total. The lowest BCUT2D eigenvalue weighted by molar-refractivity contribution is 0.578. The van der Waals surface area contributed by atoms with Crippen molar-refractivity contribution in [1.82, 2.24) is 14.7 Å². The summed E-state index contributed by atoms with van der Waals surface area (Å²) < 4.78 is 26.6. The normalized spacial score (nSPS) is 14.8. The molecule has 7 heteroatoms. The van der Waals surface area contributed by atoms with Gasteiger partial charge in [-0.1, -0.05) is 0 Å². The molecule has 0 spiro atoms. The van der Waals surface area contributed by atoms with Gasteiger partial charge in [0, 0.05) is 16.3 Å². The van der Waals surface area contributed by atoms with Gasteiger partial charge in [-0.2, -0.15) is 0 Å². The largest absolute Gasteiger partial charge is 0.332 e. The maximum atomic E-state index is 12.0. The van der Waals surface area contributed by atoms with Crippen molar-refractivity contribution in [2.75, 3.05) is 0 Å². The minimum atomic E-state index is -3.49. The molecular weight excluding hydrogens is 282 g/mol. The summed E-state index contributed by atoms with van der Waals surface area (Å²) in [7, 11) is -3.49. The molecule has 0 amide bonds. The number of nitrogens with zero attached hydrogens (tertiary/aromatic N) is 1. The molecule has 0 saturated heterocycles. The van der Waals surface area contributed by atoms with Gasteiger partial charge >= 0.3 is 0 Å². The second kappa shape index (κ2) is 4.73. The molecule has 0 aromatic carbocycles. The van der Waals surface area contributed by atoms with Gasteiger partial charge in [0.25, 0.3) is 10.0 Å². The highest BCUT2D eigenvalue weighted by Crippen LogP contribution is 2.30. The molecule has 0 radical (unpaired) electrons. The average Bonchev–Trinajstić information content (AvgIpc) is 3.00. The summed E-state index contributed by atoms with van der Waals surface area (Å²) in [6.45, 7) is 2.07. The van der Waals surface area contributed by atoms with Crippen LogP contribution in [0.2, 0.25) is 0 Å². The Bertz CT molecular complexity index is 679. The Balaban J connectivity index is 1.71.